The quantitative estimate of drug-likeness (QED) is 0.690. The van der Waals surface area contributed by atoms with Gasteiger partial charge in [-0.3, -0.25) is 4.90 Å². The van der Waals surface area contributed by atoms with Crippen molar-refractivity contribution in [3.05, 3.63) is 0 Å². The molecule has 0 amide bonds. The van der Waals surface area contributed by atoms with E-state index in [0.717, 1.165) is 0 Å². The third kappa shape index (κ3) is 6.34. The highest BCUT2D eigenvalue weighted by molar-refractivity contribution is 4.82. The Balaban J connectivity index is 4.41. The summed E-state index contributed by atoms with van der Waals surface area (Å²) in [5.41, 5.74) is 0. The predicted molar refractivity (Wildman–Crippen MR) is 52.2 cm³/mol. The zero-order valence-electron chi connectivity index (χ0n) is 9.14. The average molecular weight is 222 g/mol. The van der Waals surface area contributed by atoms with E-state index in [1.807, 2.05) is 13.0 Å². The summed E-state index contributed by atoms with van der Waals surface area (Å²) in [7, 11) is 0. The molecule has 0 saturated heterocycles. The van der Waals surface area contributed by atoms with Crippen molar-refractivity contribution in [2.24, 2.45) is 0 Å². The number of hydrogen-bond acceptors (Lipinski definition) is 2. The van der Waals surface area contributed by atoms with Crippen molar-refractivity contribution < 1.29 is 13.2 Å². The summed E-state index contributed by atoms with van der Waals surface area (Å²) in [5, 5.41) is 8.53. The van der Waals surface area contributed by atoms with Crippen LogP contribution in [0.2, 0.25) is 0 Å². The third-order valence-electron chi connectivity index (χ3n) is 2.21. The molecule has 0 aliphatic carbocycles. The largest absolute Gasteiger partial charge is 0.401 e. The molecule has 0 spiro atoms. The fourth-order valence-corrected chi connectivity index (χ4v) is 1.55. The lowest BCUT2D eigenvalue weighted by atomic mass is 10.1. The second-order valence-corrected chi connectivity index (χ2v) is 3.51. The minimum Gasteiger partial charge on any atom is -0.291 e. The van der Waals surface area contributed by atoms with Gasteiger partial charge < -0.3 is 0 Å². The van der Waals surface area contributed by atoms with Crippen molar-refractivity contribution in [1.29, 1.82) is 5.26 Å². The summed E-state index contributed by atoms with van der Waals surface area (Å²) in [6, 6.07) is 1.65. The van der Waals surface area contributed by atoms with Gasteiger partial charge in [0, 0.05) is 6.04 Å². The normalized spacial score (nSPS) is 13.9. The first-order chi connectivity index (χ1) is 6.94. The van der Waals surface area contributed by atoms with Crippen molar-refractivity contribution in [2.75, 3.05) is 13.1 Å². The van der Waals surface area contributed by atoms with E-state index in [4.69, 9.17) is 5.26 Å². The maximum Gasteiger partial charge on any atom is 0.401 e. The van der Waals surface area contributed by atoms with Crippen LogP contribution in [-0.2, 0) is 0 Å². The van der Waals surface area contributed by atoms with Gasteiger partial charge in [0.15, 0.2) is 0 Å². The van der Waals surface area contributed by atoms with Crippen LogP contribution in [0.25, 0.3) is 0 Å². The van der Waals surface area contributed by atoms with Crippen molar-refractivity contribution >= 4 is 0 Å². The molecule has 0 aliphatic heterocycles. The van der Waals surface area contributed by atoms with E-state index in [-0.39, 0.29) is 12.5 Å². The van der Waals surface area contributed by atoms with Gasteiger partial charge in [-0.25, -0.2) is 0 Å². The molecule has 0 N–H and O–H groups in total. The molecule has 88 valence electrons. The average Bonchev–Trinajstić information content (AvgIpc) is 2.11. The summed E-state index contributed by atoms with van der Waals surface area (Å²) in [5.74, 6) is 0. The maximum atomic E-state index is 12.2. The van der Waals surface area contributed by atoms with Crippen LogP contribution in [0.4, 0.5) is 13.2 Å². The molecule has 0 aliphatic rings. The summed E-state index contributed by atoms with van der Waals surface area (Å²) in [4.78, 5) is 1.35. The van der Waals surface area contributed by atoms with E-state index in [1.54, 1.807) is 6.92 Å². The number of hydrogen-bond donors (Lipinski definition) is 0. The van der Waals surface area contributed by atoms with Crippen molar-refractivity contribution in [1.82, 2.24) is 4.90 Å². The minimum atomic E-state index is -4.18. The number of halogens is 3. The van der Waals surface area contributed by atoms with Gasteiger partial charge in [-0.15, -0.1) is 0 Å². The predicted octanol–water partition coefficient (Wildman–Crippen LogP) is 2.95. The van der Waals surface area contributed by atoms with Gasteiger partial charge in [0.1, 0.15) is 0 Å². The van der Waals surface area contributed by atoms with Crippen LogP contribution in [0.5, 0.6) is 0 Å². The standard InChI is InChI=1S/C10H17F3N2/c1-3-7-15(8-10(11,12)13)9(4-2)5-6-14/h9H,3-5,7-8H2,1-2H3. The Labute approximate surface area is 88.7 Å². The smallest absolute Gasteiger partial charge is 0.291 e. The van der Waals surface area contributed by atoms with Crippen molar-refractivity contribution in [2.45, 2.75) is 45.3 Å². The molecule has 15 heavy (non-hydrogen) atoms. The SMILES string of the molecule is CCCN(CC(F)(F)F)C(CC)CC#N. The Kier molecular flexibility index (Phi) is 6.34. The van der Waals surface area contributed by atoms with Crippen LogP contribution in [0.1, 0.15) is 33.1 Å². The molecule has 1 unspecified atom stereocenters. The molecule has 0 aromatic carbocycles. The second kappa shape index (κ2) is 6.67. The van der Waals surface area contributed by atoms with E-state index < -0.39 is 12.7 Å². The topological polar surface area (TPSA) is 27.0 Å². The molecule has 0 bridgehead atoms. The minimum absolute atomic E-state index is 0.159. The summed E-state index contributed by atoms with van der Waals surface area (Å²) >= 11 is 0. The molecule has 0 aromatic rings. The van der Waals surface area contributed by atoms with Crippen molar-refractivity contribution in [3.8, 4) is 6.07 Å². The molecular formula is C10H17F3N2. The van der Waals surface area contributed by atoms with E-state index >= 15 is 0 Å². The van der Waals surface area contributed by atoms with Gasteiger partial charge in [0.25, 0.3) is 0 Å². The fraction of sp³-hybridized carbons (Fsp3) is 0.900. The maximum absolute atomic E-state index is 12.2. The molecular weight excluding hydrogens is 205 g/mol. The molecule has 5 heteroatoms. The first-order valence-electron chi connectivity index (χ1n) is 5.12. The molecule has 2 nitrogen and oxygen atoms in total. The molecule has 0 rings (SSSR count). The van der Waals surface area contributed by atoms with Gasteiger partial charge >= 0.3 is 6.18 Å². The van der Waals surface area contributed by atoms with E-state index in [2.05, 4.69) is 0 Å². The molecule has 0 radical (unpaired) electrons. The zero-order valence-corrected chi connectivity index (χ0v) is 9.14. The Bertz CT molecular complexity index is 208. The second-order valence-electron chi connectivity index (χ2n) is 3.51. The van der Waals surface area contributed by atoms with Crippen molar-refractivity contribution in [3.63, 3.8) is 0 Å². The first-order valence-corrected chi connectivity index (χ1v) is 5.12. The van der Waals surface area contributed by atoms with Crippen LogP contribution in [0.15, 0.2) is 0 Å². The Hall–Kier alpha value is -0.760. The fourth-order valence-electron chi connectivity index (χ4n) is 1.55. The van der Waals surface area contributed by atoms with E-state index in [0.29, 0.717) is 19.4 Å². The molecule has 0 fully saturated rings. The van der Waals surface area contributed by atoms with Crippen LogP contribution in [0, 0.1) is 11.3 Å². The van der Waals surface area contributed by atoms with Gasteiger partial charge in [-0.1, -0.05) is 13.8 Å². The lowest BCUT2D eigenvalue weighted by Gasteiger charge is -2.29. The van der Waals surface area contributed by atoms with Gasteiger partial charge in [0.2, 0.25) is 0 Å². The lowest BCUT2D eigenvalue weighted by Crippen LogP contribution is -2.41. The summed E-state index contributed by atoms with van der Waals surface area (Å²) < 4.78 is 36.7. The molecule has 0 aromatic heterocycles. The Morgan fingerprint density at radius 3 is 2.27 bits per heavy atom. The Morgan fingerprint density at radius 2 is 1.93 bits per heavy atom. The number of alkyl halides is 3. The summed E-state index contributed by atoms with van der Waals surface area (Å²) in [6.45, 7) is 3.12. The molecule has 0 saturated carbocycles. The zero-order chi connectivity index (χ0) is 11.9. The van der Waals surface area contributed by atoms with Crippen LogP contribution >= 0.6 is 0 Å². The summed E-state index contributed by atoms with van der Waals surface area (Å²) in [6.07, 6.45) is -2.79. The lowest BCUT2D eigenvalue weighted by molar-refractivity contribution is -0.150. The highest BCUT2D eigenvalue weighted by Gasteiger charge is 2.32. The van der Waals surface area contributed by atoms with Gasteiger partial charge in [-0.05, 0) is 19.4 Å². The van der Waals surface area contributed by atoms with E-state index in [9.17, 15) is 13.2 Å². The third-order valence-corrected chi connectivity index (χ3v) is 2.21. The number of nitrogens with zero attached hydrogens (tertiary/aromatic N) is 2. The highest BCUT2D eigenvalue weighted by atomic mass is 19.4. The Morgan fingerprint density at radius 1 is 1.33 bits per heavy atom. The molecule has 1 atom stereocenters. The van der Waals surface area contributed by atoms with E-state index in [1.165, 1.54) is 4.90 Å². The van der Waals surface area contributed by atoms with Gasteiger partial charge in [-0.2, -0.15) is 18.4 Å². The first kappa shape index (κ1) is 14.2. The van der Waals surface area contributed by atoms with Crippen LogP contribution in [-0.4, -0.2) is 30.2 Å². The highest BCUT2D eigenvalue weighted by Crippen LogP contribution is 2.20. The van der Waals surface area contributed by atoms with Crippen LogP contribution in [0.3, 0.4) is 0 Å². The van der Waals surface area contributed by atoms with Gasteiger partial charge in [0.05, 0.1) is 19.0 Å². The number of rotatable bonds is 6. The molecule has 0 heterocycles. The van der Waals surface area contributed by atoms with Crippen LogP contribution < -0.4 is 0 Å². The number of nitriles is 1. The monoisotopic (exact) mass is 222 g/mol.